The lowest BCUT2D eigenvalue weighted by molar-refractivity contribution is 0.262. The summed E-state index contributed by atoms with van der Waals surface area (Å²) in [7, 11) is -0.682. The van der Waals surface area contributed by atoms with Crippen LogP contribution in [0.5, 0.6) is 0 Å². The Kier molecular flexibility index (Phi) is 4.42. The maximum absolute atomic E-state index is 11.3. The summed E-state index contributed by atoms with van der Waals surface area (Å²) in [6.07, 6.45) is 10.3. The highest BCUT2D eigenvalue weighted by atomic mass is 32.2. The van der Waals surface area contributed by atoms with Crippen LogP contribution in [-0.2, 0) is 10.8 Å². The molecule has 0 amide bonds. The van der Waals surface area contributed by atoms with Gasteiger partial charge in [-0.25, -0.2) is 0 Å². The van der Waals surface area contributed by atoms with Gasteiger partial charge < -0.3 is 5.32 Å². The number of rotatable bonds is 5. The highest BCUT2D eigenvalue weighted by Gasteiger charge is 2.34. The van der Waals surface area contributed by atoms with Gasteiger partial charge in [-0.2, -0.15) is 0 Å². The molecule has 0 aromatic carbocycles. The summed E-state index contributed by atoms with van der Waals surface area (Å²) in [5.41, 5.74) is 0. The van der Waals surface area contributed by atoms with Crippen molar-refractivity contribution >= 4 is 10.8 Å². The Hall–Kier alpha value is 0.110. The molecule has 16 heavy (non-hydrogen) atoms. The van der Waals surface area contributed by atoms with Crippen molar-refractivity contribution in [2.24, 2.45) is 11.8 Å². The Morgan fingerprint density at radius 3 is 2.62 bits per heavy atom. The highest BCUT2D eigenvalue weighted by Crippen LogP contribution is 2.43. The molecular formula is C13H25NOS. The van der Waals surface area contributed by atoms with Crippen LogP contribution in [-0.4, -0.2) is 28.3 Å². The van der Waals surface area contributed by atoms with Crippen molar-refractivity contribution in [3.05, 3.63) is 0 Å². The van der Waals surface area contributed by atoms with Crippen molar-refractivity contribution < 1.29 is 4.21 Å². The van der Waals surface area contributed by atoms with E-state index in [4.69, 9.17) is 0 Å². The molecule has 4 atom stereocenters. The van der Waals surface area contributed by atoms with E-state index in [1.807, 2.05) is 0 Å². The van der Waals surface area contributed by atoms with Crippen molar-refractivity contribution in [2.45, 2.75) is 56.7 Å². The van der Waals surface area contributed by atoms with E-state index in [0.717, 1.165) is 18.4 Å². The fourth-order valence-electron chi connectivity index (χ4n) is 2.86. The van der Waals surface area contributed by atoms with Crippen molar-refractivity contribution in [1.82, 2.24) is 5.32 Å². The SMILES string of the molecule is CC(CNC1CCCC(C2CC2)C1)S(C)=O. The predicted molar refractivity (Wildman–Crippen MR) is 70.0 cm³/mol. The van der Waals surface area contributed by atoms with Crippen LogP contribution >= 0.6 is 0 Å². The number of hydrogen-bond donors (Lipinski definition) is 1. The monoisotopic (exact) mass is 243 g/mol. The van der Waals surface area contributed by atoms with E-state index in [0.29, 0.717) is 11.3 Å². The lowest BCUT2D eigenvalue weighted by Crippen LogP contribution is -2.39. The molecule has 4 unspecified atom stereocenters. The van der Waals surface area contributed by atoms with Crippen LogP contribution in [0.15, 0.2) is 0 Å². The largest absolute Gasteiger partial charge is 0.313 e. The minimum Gasteiger partial charge on any atom is -0.313 e. The van der Waals surface area contributed by atoms with Gasteiger partial charge in [-0.1, -0.05) is 12.8 Å². The van der Waals surface area contributed by atoms with E-state index in [-0.39, 0.29) is 0 Å². The van der Waals surface area contributed by atoms with E-state index in [9.17, 15) is 4.21 Å². The molecule has 0 aromatic rings. The van der Waals surface area contributed by atoms with Gasteiger partial charge in [0.2, 0.25) is 0 Å². The third-order valence-corrected chi connectivity index (χ3v) is 5.56. The van der Waals surface area contributed by atoms with Crippen LogP contribution in [0.4, 0.5) is 0 Å². The first kappa shape index (κ1) is 12.6. The summed E-state index contributed by atoms with van der Waals surface area (Å²) in [5.74, 6) is 2.05. The summed E-state index contributed by atoms with van der Waals surface area (Å²) in [4.78, 5) is 0. The Morgan fingerprint density at radius 1 is 1.25 bits per heavy atom. The summed E-state index contributed by atoms with van der Waals surface area (Å²) in [6.45, 7) is 3.00. The Bertz CT molecular complexity index is 252. The van der Waals surface area contributed by atoms with Crippen molar-refractivity contribution in [3.63, 3.8) is 0 Å². The summed E-state index contributed by atoms with van der Waals surface area (Å²) < 4.78 is 11.3. The lowest BCUT2D eigenvalue weighted by atomic mass is 9.83. The van der Waals surface area contributed by atoms with Crippen molar-refractivity contribution in [3.8, 4) is 0 Å². The first-order valence-electron chi connectivity index (χ1n) is 6.72. The zero-order chi connectivity index (χ0) is 11.5. The van der Waals surface area contributed by atoms with Gasteiger partial charge in [-0.15, -0.1) is 0 Å². The van der Waals surface area contributed by atoms with Gasteiger partial charge >= 0.3 is 0 Å². The summed E-state index contributed by atoms with van der Waals surface area (Å²) in [6, 6.07) is 0.699. The molecule has 94 valence electrons. The zero-order valence-corrected chi connectivity index (χ0v) is 11.4. The van der Waals surface area contributed by atoms with Gasteiger partial charge in [-0.3, -0.25) is 4.21 Å². The van der Waals surface area contributed by atoms with Crippen LogP contribution in [0.25, 0.3) is 0 Å². The van der Waals surface area contributed by atoms with Crippen LogP contribution < -0.4 is 5.32 Å². The average molecular weight is 243 g/mol. The van der Waals surface area contributed by atoms with Gasteiger partial charge in [0.25, 0.3) is 0 Å². The molecule has 2 aliphatic rings. The highest BCUT2D eigenvalue weighted by molar-refractivity contribution is 7.84. The maximum atomic E-state index is 11.3. The molecule has 2 aliphatic carbocycles. The minimum absolute atomic E-state index is 0.293. The average Bonchev–Trinajstić information content (AvgIpc) is 3.10. The van der Waals surface area contributed by atoms with Crippen LogP contribution in [0.3, 0.4) is 0 Å². The van der Waals surface area contributed by atoms with Gasteiger partial charge in [0.1, 0.15) is 0 Å². The summed E-state index contributed by atoms with van der Waals surface area (Å²) in [5, 5.41) is 3.92. The molecule has 3 heteroatoms. The molecule has 0 aromatic heterocycles. The number of hydrogen-bond acceptors (Lipinski definition) is 2. The fraction of sp³-hybridized carbons (Fsp3) is 1.00. The van der Waals surface area contributed by atoms with Gasteiger partial charge in [0.15, 0.2) is 0 Å². The topological polar surface area (TPSA) is 29.1 Å². The fourth-order valence-corrected chi connectivity index (χ4v) is 3.19. The standard InChI is InChI=1S/C13H25NOS/c1-10(16(2)15)9-14-13-5-3-4-12(8-13)11-6-7-11/h10-14H,3-9H2,1-2H3. The molecule has 1 N–H and O–H groups in total. The van der Waals surface area contributed by atoms with Gasteiger partial charge in [0.05, 0.1) is 0 Å². The molecule has 0 bridgehead atoms. The second kappa shape index (κ2) is 5.63. The number of nitrogens with one attached hydrogen (secondary N) is 1. The van der Waals surface area contributed by atoms with E-state index >= 15 is 0 Å². The smallest absolute Gasteiger partial charge is 0.0441 e. The van der Waals surface area contributed by atoms with E-state index in [2.05, 4.69) is 12.2 Å². The first-order valence-corrected chi connectivity index (χ1v) is 8.34. The van der Waals surface area contributed by atoms with Gasteiger partial charge in [0, 0.05) is 34.9 Å². The molecule has 2 fully saturated rings. The molecule has 2 rings (SSSR count). The molecule has 0 aliphatic heterocycles. The molecule has 2 nitrogen and oxygen atoms in total. The Labute approximate surface area is 102 Å². The Morgan fingerprint density at radius 2 is 2.00 bits per heavy atom. The minimum atomic E-state index is -0.682. The third kappa shape index (κ3) is 3.56. The predicted octanol–water partition coefficient (Wildman–Crippen LogP) is 2.31. The van der Waals surface area contributed by atoms with Crippen molar-refractivity contribution in [2.75, 3.05) is 12.8 Å². The van der Waals surface area contributed by atoms with E-state index in [1.54, 1.807) is 6.26 Å². The summed E-state index contributed by atoms with van der Waals surface area (Å²) >= 11 is 0. The maximum Gasteiger partial charge on any atom is 0.0441 e. The molecule has 0 radical (unpaired) electrons. The second-order valence-corrected chi connectivity index (χ2v) is 7.48. The quantitative estimate of drug-likeness (QED) is 0.803. The van der Waals surface area contributed by atoms with Crippen LogP contribution in [0.2, 0.25) is 0 Å². The Balaban J connectivity index is 1.70. The third-order valence-electron chi connectivity index (χ3n) is 4.26. The second-order valence-electron chi connectivity index (χ2n) is 5.68. The normalized spacial score (nSPS) is 34.6. The first-order chi connectivity index (χ1) is 7.66. The molecule has 0 saturated heterocycles. The van der Waals surface area contributed by atoms with Crippen molar-refractivity contribution in [1.29, 1.82) is 0 Å². The lowest BCUT2D eigenvalue weighted by Gasteiger charge is -2.30. The van der Waals surface area contributed by atoms with Gasteiger partial charge in [-0.05, 0) is 44.4 Å². The van der Waals surface area contributed by atoms with Crippen LogP contribution in [0.1, 0.15) is 45.4 Å². The van der Waals surface area contributed by atoms with E-state index < -0.39 is 10.8 Å². The zero-order valence-electron chi connectivity index (χ0n) is 10.6. The molecule has 2 saturated carbocycles. The molecular weight excluding hydrogens is 218 g/mol. The molecule has 0 heterocycles. The molecule has 0 spiro atoms. The van der Waals surface area contributed by atoms with Crippen LogP contribution in [0, 0.1) is 11.8 Å². The van der Waals surface area contributed by atoms with E-state index in [1.165, 1.54) is 38.5 Å².